The van der Waals surface area contributed by atoms with Crippen LogP contribution in [0.15, 0.2) is 24.3 Å². The molecule has 1 aromatic carbocycles. The Morgan fingerprint density at radius 2 is 2.53 bits per heavy atom. The fraction of sp³-hybridized carbons (Fsp3) is 0.385. The number of carbonyl (C=O) groups is 1. The number of ether oxygens (including phenoxy) is 2. The molecule has 0 spiro atoms. The molecule has 6 nitrogen and oxygen atoms in total. The summed E-state index contributed by atoms with van der Waals surface area (Å²) >= 11 is 0. The molecule has 1 amide bonds. The van der Waals surface area contributed by atoms with Gasteiger partial charge in [-0.15, -0.1) is 0 Å². The number of carbonyl (C=O) groups excluding carboxylic acids is 1. The molecule has 1 saturated heterocycles. The van der Waals surface area contributed by atoms with E-state index in [4.69, 9.17) is 14.7 Å². The molecule has 1 aliphatic heterocycles. The molecule has 6 heteroatoms. The Bertz CT molecular complexity index is 478. The maximum absolute atomic E-state index is 11.9. The van der Waals surface area contributed by atoms with Crippen molar-refractivity contribution in [2.45, 2.75) is 6.04 Å². The fourth-order valence-corrected chi connectivity index (χ4v) is 1.74. The minimum absolute atomic E-state index is 0.0184. The first kappa shape index (κ1) is 13.3. The molecular weight excluding hydrogens is 246 g/mol. The van der Waals surface area contributed by atoms with Gasteiger partial charge in [-0.3, -0.25) is 4.79 Å². The molecule has 1 atom stereocenters. The first-order valence-electron chi connectivity index (χ1n) is 6.01. The van der Waals surface area contributed by atoms with Crippen LogP contribution in [0.1, 0.15) is 0 Å². The van der Waals surface area contributed by atoms with E-state index in [0.717, 1.165) is 0 Å². The number of morpholine rings is 1. The summed E-state index contributed by atoms with van der Waals surface area (Å²) in [6, 6.07) is 8.49. The van der Waals surface area contributed by atoms with Crippen LogP contribution in [-0.4, -0.2) is 38.3 Å². The zero-order valence-electron chi connectivity index (χ0n) is 10.4. The molecule has 1 unspecified atom stereocenters. The highest BCUT2D eigenvalue weighted by Crippen LogP contribution is 2.17. The summed E-state index contributed by atoms with van der Waals surface area (Å²) < 4.78 is 10.4. The lowest BCUT2D eigenvalue weighted by atomic mass is 10.2. The molecule has 0 radical (unpaired) electrons. The highest BCUT2D eigenvalue weighted by Gasteiger charge is 2.21. The van der Waals surface area contributed by atoms with E-state index in [9.17, 15) is 4.79 Å². The zero-order valence-corrected chi connectivity index (χ0v) is 10.4. The van der Waals surface area contributed by atoms with Crippen LogP contribution in [0.2, 0.25) is 0 Å². The first-order chi connectivity index (χ1) is 9.29. The van der Waals surface area contributed by atoms with Gasteiger partial charge in [0.1, 0.15) is 17.9 Å². The van der Waals surface area contributed by atoms with Crippen LogP contribution < -0.4 is 15.4 Å². The van der Waals surface area contributed by atoms with Gasteiger partial charge in [0.15, 0.2) is 6.61 Å². The highest BCUT2D eigenvalue weighted by molar-refractivity contribution is 5.95. The standard InChI is InChI=1S/C13H15N3O3/c14-4-6-19-11-3-1-2-10(8-11)16-13(17)12-9-18-7-5-15-12/h1-3,8,12,15H,5-7,9H2,(H,16,17). The summed E-state index contributed by atoms with van der Waals surface area (Å²) in [5.41, 5.74) is 0.632. The number of hydrogen-bond acceptors (Lipinski definition) is 5. The Balaban J connectivity index is 1.94. The number of hydrogen-bond donors (Lipinski definition) is 2. The number of rotatable bonds is 4. The van der Waals surface area contributed by atoms with Gasteiger partial charge in [-0.25, -0.2) is 0 Å². The second kappa shape index (κ2) is 6.73. The Hall–Kier alpha value is -2.10. The minimum atomic E-state index is -0.336. The van der Waals surface area contributed by atoms with Crippen molar-refractivity contribution in [1.29, 1.82) is 5.26 Å². The van der Waals surface area contributed by atoms with Gasteiger partial charge in [-0.1, -0.05) is 6.07 Å². The Morgan fingerprint density at radius 1 is 1.63 bits per heavy atom. The lowest BCUT2D eigenvalue weighted by Crippen LogP contribution is -2.48. The highest BCUT2D eigenvalue weighted by atomic mass is 16.5. The van der Waals surface area contributed by atoms with E-state index in [1.807, 2.05) is 6.07 Å². The molecule has 1 aliphatic rings. The van der Waals surface area contributed by atoms with E-state index in [-0.39, 0.29) is 18.6 Å². The van der Waals surface area contributed by atoms with Crippen LogP contribution in [-0.2, 0) is 9.53 Å². The number of nitrogens with zero attached hydrogens (tertiary/aromatic N) is 1. The molecule has 0 bridgehead atoms. The molecular formula is C13H15N3O3. The summed E-state index contributed by atoms with van der Waals surface area (Å²) in [4.78, 5) is 11.9. The van der Waals surface area contributed by atoms with E-state index in [0.29, 0.717) is 31.2 Å². The molecule has 2 rings (SSSR count). The minimum Gasteiger partial charge on any atom is -0.479 e. The average Bonchev–Trinajstić information content (AvgIpc) is 2.46. The van der Waals surface area contributed by atoms with Crippen LogP contribution in [0, 0.1) is 11.3 Å². The van der Waals surface area contributed by atoms with Gasteiger partial charge in [0, 0.05) is 18.3 Å². The normalized spacial score (nSPS) is 18.4. The second-order valence-electron chi connectivity index (χ2n) is 4.05. The molecule has 0 aliphatic carbocycles. The molecule has 1 heterocycles. The quantitative estimate of drug-likeness (QED) is 0.825. The van der Waals surface area contributed by atoms with Crippen molar-refractivity contribution in [3.05, 3.63) is 24.3 Å². The summed E-state index contributed by atoms with van der Waals surface area (Å²) in [7, 11) is 0. The van der Waals surface area contributed by atoms with Crippen molar-refractivity contribution >= 4 is 11.6 Å². The summed E-state index contributed by atoms with van der Waals surface area (Å²) in [6.07, 6.45) is 0. The first-order valence-corrected chi connectivity index (χ1v) is 6.01. The summed E-state index contributed by atoms with van der Waals surface area (Å²) in [5, 5.41) is 14.3. The number of benzene rings is 1. The third-order valence-corrected chi connectivity index (χ3v) is 2.64. The van der Waals surface area contributed by atoms with Crippen molar-refractivity contribution in [3.63, 3.8) is 0 Å². The second-order valence-corrected chi connectivity index (χ2v) is 4.05. The Kier molecular flexibility index (Phi) is 4.72. The topological polar surface area (TPSA) is 83.4 Å². The average molecular weight is 261 g/mol. The van der Waals surface area contributed by atoms with Gasteiger partial charge >= 0.3 is 0 Å². The van der Waals surface area contributed by atoms with Crippen molar-refractivity contribution in [2.75, 3.05) is 31.7 Å². The monoisotopic (exact) mass is 261 g/mol. The lowest BCUT2D eigenvalue weighted by molar-refractivity contribution is -0.120. The smallest absolute Gasteiger partial charge is 0.243 e. The van der Waals surface area contributed by atoms with Gasteiger partial charge in [0.2, 0.25) is 5.91 Å². The van der Waals surface area contributed by atoms with Crippen LogP contribution >= 0.6 is 0 Å². The molecule has 2 N–H and O–H groups in total. The maximum atomic E-state index is 11.9. The Labute approximate surface area is 111 Å². The summed E-state index contributed by atoms with van der Waals surface area (Å²) in [5.74, 6) is 0.407. The molecule has 100 valence electrons. The largest absolute Gasteiger partial charge is 0.479 e. The van der Waals surface area contributed by atoms with Crippen LogP contribution in [0.5, 0.6) is 5.75 Å². The van der Waals surface area contributed by atoms with Gasteiger partial charge in [-0.05, 0) is 12.1 Å². The van der Waals surface area contributed by atoms with Crippen molar-refractivity contribution in [1.82, 2.24) is 5.32 Å². The number of nitrogens with one attached hydrogen (secondary N) is 2. The van der Waals surface area contributed by atoms with Crippen molar-refractivity contribution in [3.8, 4) is 11.8 Å². The van der Waals surface area contributed by atoms with Crippen molar-refractivity contribution in [2.24, 2.45) is 0 Å². The molecule has 0 saturated carbocycles. The SMILES string of the molecule is N#CCOc1cccc(NC(=O)C2COCCN2)c1. The predicted molar refractivity (Wildman–Crippen MR) is 68.8 cm³/mol. The molecule has 0 aromatic heterocycles. The van der Waals surface area contributed by atoms with E-state index in [2.05, 4.69) is 10.6 Å². The Morgan fingerprint density at radius 3 is 3.26 bits per heavy atom. The van der Waals surface area contributed by atoms with E-state index in [1.54, 1.807) is 24.3 Å². The fourth-order valence-electron chi connectivity index (χ4n) is 1.74. The van der Waals surface area contributed by atoms with Crippen LogP contribution in [0.3, 0.4) is 0 Å². The maximum Gasteiger partial charge on any atom is 0.243 e. The van der Waals surface area contributed by atoms with E-state index < -0.39 is 0 Å². The van der Waals surface area contributed by atoms with E-state index in [1.165, 1.54) is 0 Å². The third-order valence-electron chi connectivity index (χ3n) is 2.64. The van der Waals surface area contributed by atoms with Gasteiger partial charge in [-0.2, -0.15) is 5.26 Å². The molecule has 1 aromatic rings. The van der Waals surface area contributed by atoms with Crippen molar-refractivity contribution < 1.29 is 14.3 Å². The van der Waals surface area contributed by atoms with Crippen LogP contribution in [0.4, 0.5) is 5.69 Å². The number of anilines is 1. The zero-order chi connectivity index (χ0) is 13.5. The number of nitriles is 1. The van der Waals surface area contributed by atoms with Gasteiger partial charge in [0.05, 0.1) is 13.2 Å². The molecule has 19 heavy (non-hydrogen) atoms. The van der Waals surface area contributed by atoms with Crippen LogP contribution in [0.25, 0.3) is 0 Å². The third kappa shape index (κ3) is 3.95. The predicted octanol–water partition coefficient (Wildman–Crippen LogP) is 0.516. The number of amides is 1. The van der Waals surface area contributed by atoms with Gasteiger partial charge < -0.3 is 20.1 Å². The molecule has 1 fully saturated rings. The van der Waals surface area contributed by atoms with Gasteiger partial charge in [0.25, 0.3) is 0 Å². The summed E-state index contributed by atoms with van der Waals surface area (Å²) in [6.45, 7) is 1.65. The lowest BCUT2D eigenvalue weighted by Gasteiger charge is -2.22. The van der Waals surface area contributed by atoms with E-state index >= 15 is 0 Å².